The van der Waals surface area contributed by atoms with Crippen molar-refractivity contribution in [3.63, 3.8) is 0 Å². The lowest BCUT2D eigenvalue weighted by Crippen LogP contribution is -2.40. The first kappa shape index (κ1) is 27.0. The van der Waals surface area contributed by atoms with Crippen LogP contribution in [-0.4, -0.2) is 21.2 Å². The molecule has 3 heterocycles. The van der Waals surface area contributed by atoms with Crippen molar-refractivity contribution < 1.29 is 9.53 Å². The zero-order valence-corrected chi connectivity index (χ0v) is 24.4. The van der Waals surface area contributed by atoms with E-state index in [4.69, 9.17) is 21.3 Å². The summed E-state index contributed by atoms with van der Waals surface area (Å²) in [5.41, 5.74) is 4.65. The minimum atomic E-state index is -0.684. The van der Waals surface area contributed by atoms with Crippen LogP contribution in [0.25, 0.3) is 17.0 Å². The molecule has 0 fully saturated rings. The van der Waals surface area contributed by atoms with Gasteiger partial charge in [0, 0.05) is 34.2 Å². The number of esters is 1. The molecule has 1 atom stereocenters. The van der Waals surface area contributed by atoms with Crippen LogP contribution in [0.15, 0.2) is 106 Å². The van der Waals surface area contributed by atoms with Gasteiger partial charge < -0.3 is 9.30 Å². The summed E-state index contributed by atoms with van der Waals surface area (Å²) in [6.45, 7) is 6.10. The number of halogens is 1. The number of benzene rings is 3. The molecule has 0 N–H and O–H groups in total. The Morgan fingerprint density at radius 2 is 1.76 bits per heavy atom. The molecule has 6 rings (SSSR count). The Hall–Kier alpha value is -4.20. The number of carbonyl (C=O) groups excluding carboxylic acids is 1. The highest BCUT2D eigenvalue weighted by atomic mass is 35.5. The second-order valence-electron chi connectivity index (χ2n) is 10.3. The molecule has 0 saturated heterocycles. The van der Waals surface area contributed by atoms with Crippen molar-refractivity contribution in [2.45, 2.75) is 39.5 Å². The zero-order chi connectivity index (χ0) is 28.7. The van der Waals surface area contributed by atoms with Gasteiger partial charge in [-0.2, -0.15) is 0 Å². The molecule has 0 bridgehead atoms. The summed E-state index contributed by atoms with van der Waals surface area (Å²) in [6.07, 6.45) is 3.70. The summed E-state index contributed by atoms with van der Waals surface area (Å²) in [5.74, 6) is -0.487. The third-order valence-corrected chi connectivity index (χ3v) is 8.31. The van der Waals surface area contributed by atoms with E-state index in [0.717, 1.165) is 22.0 Å². The fourth-order valence-corrected chi connectivity index (χ4v) is 6.43. The highest BCUT2D eigenvalue weighted by Gasteiger charge is 2.33. The van der Waals surface area contributed by atoms with Crippen LogP contribution in [0.4, 0.5) is 0 Å². The number of para-hydroxylation sites is 1. The highest BCUT2D eigenvalue weighted by Crippen LogP contribution is 2.31. The van der Waals surface area contributed by atoms with Gasteiger partial charge in [0.15, 0.2) is 4.80 Å². The van der Waals surface area contributed by atoms with Gasteiger partial charge in [-0.1, -0.05) is 83.6 Å². The Kier molecular flexibility index (Phi) is 7.24. The summed E-state index contributed by atoms with van der Waals surface area (Å²) in [6, 6.07) is 25.0. The Morgan fingerprint density at radius 1 is 1.05 bits per heavy atom. The summed E-state index contributed by atoms with van der Waals surface area (Å²) in [4.78, 5) is 32.6. The average Bonchev–Trinajstić information content (AvgIpc) is 3.45. The largest absolute Gasteiger partial charge is 0.459 e. The molecular formula is C33H28ClN3O3S. The quantitative estimate of drug-likeness (QED) is 0.237. The molecule has 1 aliphatic rings. The normalized spacial score (nSPS) is 15.3. The van der Waals surface area contributed by atoms with Crippen LogP contribution in [0, 0.1) is 0 Å². The number of thiazole rings is 1. The van der Waals surface area contributed by atoms with Gasteiger partial charge in [0.05, 0.1) is 27.9 Å². The maximum absolute atomic E-state index is 14.1. The van der Waals surface area contributed by atoms with Crippen molar-refractivity contribution in [2.24, 2.45) is 4.99 Å². The van der Waals surface area contributed by atoms with Gasteiger partial charge >= 0.3 is 5.97 Å². The topological polar surface area (TPSA) is 65.6 Å². The van der Waals surface area contributed by atoms with E-state index in [-0.39, 0.29) is 11.7 Å². The zero-order valence-electron chi connectivity index (χ0n) is 22.9. The fourth-order valence-electron chi connectivity index (χ4n) is 5.26. The number of carbonyl (C=O) groups is 1. The standard InChI is InChI=1S/C33H28ClN3O3S/c1-20(2)40-32(39)29-21(3)35-33-37(30(29)23-13-15-25(34)16-14-23)31(38)28(41-33)17-24-19-36(18-22-9-5-4-6-10-22)27-12-8-7-11-26(24)27/h4-17,19-20,30H,18H2,1-3H3. The number of nitrogens with zero attached hydrogens (tertiary/aromatic N) is 3. The van der Waals surface area contributed by atoms with E-state index in [1.807, 2.05) is 48.5 Å². The second-order valence-corrected chi connectivity index (χ2v) is 11.7. The molecular weight excluding hydrogens is 554 g/mol. The minimum absolute atomic E-state index is 0.212. The van der Waals surface area contributed by atoms with E-state index in [0.29, 0.717) is 32.2 Å². The number of ether oxygens (including phenoxy) is 1. The predicted octanol–water partition coefficient (Wildman–Crippen LogP) is 5.84. The molecule has 0 radical (unpaired) electrons. The van der Waals surface area contributed by atoms with Crippen LogP contribution < -0.4 is 14.9 Å². The molecule has 41 heavy (non-hydrogen) atoms. The monoisotopic (exact) mass is 581 g/mol. The summed E-state index contributed by atoms with van der Waals surface area (Å²) in [7, 11) is 0. The first-order valence-corrected chi connectivity index (χ1v) is 14.6. The van der Waals surface area contributed by atoms with Crippen LogP contribution in [0.2, 0.25) is 5.02 Å². The van der Waals surface area contributed by atoms with Crippen molar-refractivity contribution in [3.8, 4) is 0 Å². The molecule has 5 aromatic rings. The number of hydrogen-bond donors (Lipinski definition) is 0. The van der Waals surface area contributed by atoms with Gasteiger partial charge in [0.25, 0.3) is 5.56 Å². The van der Waals surface area contributed by atoms with E-state index in [9.17, 15) is 9.59 Å². The molecule has 0 saturated carbocycles. The van der Waals surface area contributed by atoms with E-state index >= 15 is 0 Å². The maximum atomic E-state index is 14.1. The molecule has 0 spiro atoms. The number of rotatable bonds is 6. The summed E-state index contributed by atoms with van der Waals surface area (Å²) >= 11 is 7.50. The van der Waals surface area contributed by atoms with Gasteiger partial charge in [-0.15, -0.1) is 0 Å². The van der Waals surface area contributed by atoms with E-state index in [1.54, 1.807) is 37.5 Å². The van der Waals surface area contributed by atoms with Crippen LogP contribution in [0.1, 0.15) is 43.5 Å². The lowest BCUT2D eigenvalue weighted by Gasteiger charge is -2.25. The SMILES string of the molecule is CC1=C(C(=O)OC(C)C)C(c2ccc(Cl)cc2)n2c(sc(=Cc3cn(Cc4ccccc4)c4ccccc34)c2=O)=N1. The van der Waals surface area contributed by atoms with Gasteiger partial charge in [-0.05, 0) is 56.2 Å². The number of allylic oxidation sites excluding steroid dienone is 1. The number of fused-ring (bicyclic) bond motifs is 2. The maximum Gasteiger partial charge on any atom is 0.338 e. The van der Waals surface area contributed by atoms with Gasteiger partial charge in [-0.25, -0.2) is 9.79 Å². The van der Waals surface area contributed by atoms with Crippen molar-refractivity contribution >= 4 is 45.9 Å². The first-order valence-electron chi connectivity index (χ1n) is 13.4. The summed E-state index contributed by atoms with van der Waals surface area (Å²) < 4.78 is 9.93. The van der Waals surface area contributed by atoms with Crippen LogP contribution in [0.5, 0.6) is 0 Å². The smallest absolute Gasteiger partial charge is 0.338 e. The van der Waals surface area contributed by atoms with Gasteiger partial charge in [0.1, 0.15) is 0 Å². The van der Waals surface area contributed by atoms with Crippen molar-refractivity contribution in [2.75, 3.05) is 0 Å². The first-order chi connectivity index (χ1) is 19.8. The molecule has 2 aromatic heterocycles. The Balaban J connectivity index is 1.51. The van der Waals surface area contributed by atoms with E-state index in [1.165, 1.54) is 16.9 Å². The Bertz CT molecular complexity index is 1980. The molecule has 1 aliphatic heterocycles. The van der Waals surface area contributed by atoms with Gasteiger partial charge in [0.2, 0.25) is 0 Å². The molecule has 0 aliphatic carbocycles. The fraction of sp³-hybridized carbons (Fsp3) is 0.182. The average molecular weight is 582 g/mol. The highest BCUT2D eigenvalue weighted by molar-refractivity contribution is 7.07. The third kappa shape index (κ3) is 5.19. The van der Waals surface area contributed by atoms with E-state index in [2.05, 4.69) is 35.0 Å². The van der Waals surface area contributed by atoms with Crippen LogP contribution >= 0.6 is 22.9 Å². The molecule has 3 aromatic carbocycles. The second kappa shape index (κ2) is 11.0. The lowest BCUT2D eigenvalue weighted by atomic mass is 9.96. The molecule has 206 valence electrons. The summed E-state index contributed by atoms with van der Waals surface area (Å²) in [5, 5.41) is 1.63. The van der Waals surface area contributed by atoms with Crippen LogP contribution in [-0.2, 0) is 16.1 Å². The number of aromatic nitrogens is 2. The molecule has 1 unspecified atom stereocenters. The van der Waals surface area contributed by atoms with E-state index < -0.39 is 12.0 Å². The molecule has 8 heteroatoms. The Labute approximate surface area is 246 Å². The predicted molar refractivity (Wildman–Crippen MR) is 164 cm³/mol. The van der Waals surface area contributed by atoms with Crippen molar-refractivity contribution in [3.05, 3.63) is 138 Å². The minimum Gasteiger partial charge on any atom is -0.459 e. The molecule has 6 nitrogen and oxygen atoms in total. The number of hydrogen-bond acceptors (Lipinski definition) is 5. The lowest BCUT2D eigenvalue weighted by molar-refractivity contribution is -0.143. The van der Waals surface area contributed by atoms with Crippen molar-refractivity contribution in [1.29, 1.82) is 0 Å². The van der Waals surface area contributed by atoms with Crippen molar-refractivity contribution in [1.82, 2.24) is 9.13 Å². The van der Waals surface area contributed by atoms with Gasteiger partial charge in [-0.3, -0.25) is 9.36 Å². The van der Waals surface area contributed by atoms with Crippen LogP contribution in [0.3, 0.4) is 0 Å². The third-order valence-electron chi connectivity index (χ3n) is 7.07. The molecule has 0 amide bonds. The Morgan fingerprint density at radius 3 is 2.49 bits per heavy atom.